The number of aryl methyl sites for hydroxylation is 1. The molecule has 16 heavy (non-hydrogen) atoms. The van der Waals surface area contributed by atoms with E-state index in [1.807, 2.05) is 19.9 Å². The zero-order chi connectivity index (χ0) is 12.3. The van der Waals surface area contributed by atoms with Crippen molar-refractivity contribution in [2.75, 3.05) is 6.54 Å². The van der Waals surface area contributed by atoms with Crippen molar-refractivity contribution in [2.24, 2.45) is 5.73 Å². The second kappa shape index (κ2) is 4.61. The van der Waals surface area contributed by atoms with Crippen molar-refractivity contribution >= 4 is 5.69 Å². The Balaban J connectivity index is 3.17. The average molecular weight is 222 g/mol. The lowest BCUT2D eigenvalue weighted by Crippen LogP contribution is -2.21. The van der Waals surface area contributed by atoms with Gasteiger partial charge in [-0.05, 0) is 30.9 Å². The third-order valence-corrected chi connectivity index (χ3v) is 2.96. The zero-order valence-corrected chi connectivity index (χ0v) is 9.99. The lowest BCUT2D eigenvalue weighted by Gasteiger charge is -2.24. The van der Waals surface area contributed by atoms with E-state index in [2.05, 4.69) is 0 Å². The maximum Gasteiger partial charge on any atom is 0.272 e. The van der Waals surface area contributed by atoms with Crippen LogP contribution in [0.2, 0.25) is 0 Å². The van der Waals surface area contributed by atoms with Crippen LogP contribution < -0.4 is 5.73 Å². The Morgan fingerprint density at radius 1 is 1.44 bits per heavy atom. The zero-order valence-electron chi connectivity index (χ0n) is 9.99. The highest BCUT2D eigenvalue weighted by molar-refractivity contribution is 5.44. The van der Waals surface area contributed by atoms with E-state index in [1.165, 1.54) is 0 Å². The molecule has 0 atom stereocenters. The lowest BCUT2D eigenvalue weighted by atomic mass is 9.81. The first-order valence-electron chi connectivity index (χ1n) is 5.34. The number of benzene rings is 1. The molecule has 0 saturated carbocycles. The fourth-order valence-corrected chi connectivity index (χ4v) is 1.73. The molecule has 0 fully saturated rings. The Kier molecular flexibility index (Phi) is 3.65. The molecule has 1 aromatic rings. The summed E-state index contributed by atoms with van der Waals surface area (Å²) in [5, 5.41) is 10.8. The van der Waals surface area contributed by atoms with Gasteiger partial charge in [0.15, 0.2) is 0 Å². The van der Waals surface area contributed by atoms with E-state index in [-0.39, 0.29) is 16.0 Å². The summed E-state index contributed by atoms with van der Waals surface area (Å²) in [5.41, 5.74) is 7.27. The second-order valence-electron chi connectivity index (χ2n) is 4.68. The van der Waals surface area contributed by atoms with E-state index >= 15 is 0 Å². The molecule has 1 rings (SSSR count). The molecule has 4 heteroatoms. The number of hydrogen-bond acceptors (Lipinski definition) is 3. The summed E-state index contributed by atoms with van der Waals surface area (Å²) in [6.07, 6.45) is 0.813. The van der Waals surface area contributed by atoms with Crippen LogP contribution in [0.5, 0.6) is 0 Å². The largest absolute Gasteiger partial charge is 0.330 e. The van der Waals surface area contributed by atoms with Gasteiger partial charge in [0.05, 0.1) is 4.92 Å². The van der Waals surface area contributed by atoms with Gasteiger partial charge >= 0.3 is 0 Å². The van der Waals surface area contributed by atoms with Gasteiger partial charge in [-0.3, -0.25) is 10.1 Å². The van der Waals surface area contributed by atoms with E-state index in [1.54, 1.807) is 19.1 Å². The van der Waals surface area contributed by atoms with Crippen molar-refractivity contribution < 1.29 is 4.92 Å². The van der Waals surface area contributed by atoms with Gasteiger partial charge in [-0.25, -0.2) is 0 Å². The first-order valence-corrected chi connectivity index (χ1v) is 5.34. The predicted octanol–water partition coefficient (Wildman–Crippen LogP) is 2.53. The summed E-state index contributed by atoms with van der Waals surface area (Å²) >= 11 is 0. The minimum atomic E-state index is -0.336. The van der Waals surface area contributed by atoms with Gasteiger partial charge in [-0.1, -0.05) is 26.0 Å². The highest BCUT2D eigenvalue weighted by atomic mass is 16.6. The SMILES string of the molecule is Cc1ccc(C(C)(C)CCN)cc1[N+](=O)[O-]. The van der Waals surface area contributed by atoms with Crippen molar-refractivity contribution in [3.8, 4) is 0 Å². The normalized spacial score (nSPS) is 11.5. The number of nitro benzene ring substituents is 1. The number of nitrogens with two attached hydrogens (primary N) is 1. The van der Waals surface area contributed by atoms with Crippen LogP contribution in [0.1, 0.15) is 31.4 Å². The first kappa shape index (κ1) is 12.6. The molecule has 0 aromatic heterocycles. The fourth-order valence-electron chi connectivity index (χ4n) is 1.73. The highest BCUT2D eigenvalue weighted by Gasteiger charge is 2.22. The van der Waals surface area contributed by atoms with Crippen LogP contribution in [0.3, 0.4) is 0 Å². The van der Waals surface area contributed by atoms with E-state index in [0.29, 0.717) is 12.1 Å². The first-order chi connectivity index (χ1) is 7.38. The fraction of sp³-hybridized carbons (Fsp3) is 0.500. The van der Waals surface area contributed by atoms with Crippen LogP contribution in [0.4, 0.5) is 5.69 Å². The maximum absolute atomic E-state index is 10.8. The van der Waals surface area contributed by atoms with Crippen molar-refractivity contribution in [3.05, 3.63) is 39.4 Å². The molecule has 2 N–H and O–H groups in total. The third kappa shape index (κ3) is 2.58. The Labute approximate surface area is 95.6 Å². The van der Waals surface area contributed by atoms with Gasteiger partial charge < -0.3 is 5.73 Å². The maximum atomic E-state index is 10.8. The molecule has 0 aliphatic heterocycles. The van der Waals surface area contributed by atoms with Gasteiger partial charge in [-0.15, -0.1) is 0 Å². The predicted molar refractivity (Wildman–Crippen MR) is 64.5 cm³/mol. The molecule has 0 spiro atoms. The van der Waals surface area contributed by atoms with Crippen molar-refractivity contribution in [1.29, 1.82) is 0 Å². The molecule has 1 aromatic carbocycles. The quantitative estimate of drug-likeness (QED) is 0.628. The number of hydrogen-bond donors (Lipinski definition) is 1. The summed E-state index contributed by atoms with van der Waals surface area (Å²) in [5.74, 6) is 0. The lowest BCUT2D eigenvalue weighted by molar-refractivity contribution is -0.385. The standard InChI is InChI=1S/C12H18N2O2/c1-9-4-5-10(8-11(9)14(15)16)12(2,3)6-7-13/h4-5,8H,6-7,13H2,1-3H3. The Morgan fingerprint density at radius 3 is 2.56 bits per heavy atom. The van der Waals surface area contributed by atoms with Crippen LogP contribution in [0.25, 0.3) is 0 Å². The molecular weight excluding hydrogens is 204 g/mol. The summed E-state index contributed by atoms with van der Waals surface area (Å²) in [4.78, 5) is 10.5. The van der Waals surface area contributed by atoms with Gasteiger partial charge in [0.25, 0.3) is 5.69 Å². The molecule has 0 aliphatic rings. The molecule has 0 radical (unpaired) electrons. The topological polar surface area (TPSA) is 69.2 Å². The third-order valence-electron chi connectivity index (χ3n) is 2.96. The van der Waals surface area contributed by atoms with Gasteiger partial charge in [0.2, 0.25) is 0 Å². The van der Waals surface area contributed by atoms with E-state index in [0.717, 1.165) is 12.0 Å². The van der Waals surface area contributed by atoms with E-state index in [9.17, 15) is 10.1 Å². The monoisotopic (exact) mass is 222 g/mol. The van der Waals surface area contributed by atoms with Crippen LogP contribution in [0.15, 0.2) is 18.2 Å². The molecule has 0 amide bonds. The van der Waals surface area contributed by atoms with E-state index in [4.69, 9.17) is 5.73 Å². The molecule has 0 saturated heterocycles. The molecule has 0 heterocycles. The minimum Gasteiger partial charge on any atom is -0.330 e. The summed E-state index contributed by atoms with van der Waals surface area (Å²) in [7, 11) is 0. The van der Waals surface area contributed by atoms with Crippen LogP contribution in [-0.2, 0) is 5.41 Å². The molecule has 88 valence electrons. The van der Waals surface area contributed by atoms with Crippen molar-refractivity contribution in [1.82, 2.24) is 0 Å². The highest BCUT2D eigenvalue weighted by Crippen LogP contribution is 2.30. The van der Waals surface area contributed by atoms with Crippen LogP contribution in [0, 0.1) is 17.0 Å². The molecule has 4 nitrogen and oxygen atoms in total. The molecule has 0 unspecified atom stereocenters. The summed E-state index contributed by atoms with van der Waals surface area (Å²) < 4.78 is 0. The Hall–Kier alpha value is -1.42. The van der Waals surface area contributed by atoms with Crippen LogP contribution >= 0.6 is 0 Å². The van der Waals surface area contributed by atoms with Crippen LogP contribution in [-0.4, -0.2) is 11.5 Å². The number of rotatable bonds is 4. The summed E-state index contributed by atoms with van der Waals surface area (Å²) in [6.45, 7) is 6.43. The summed E-state index contributed by atoms with van der Waals surface area (Å²) in [6, 6.07) is 5.40. The number of nitro groups is 1. The molecular formula is C12H18N2O2. The van der Waals surface area contributed by atoms with Gasteiger partial charge in [-0.2, -0.15) is 0 Å². The van der Waals surface area contributed by atoms with Crippen molar-refractivity contribution in [3.63, 3.8) is 0 Å². The Morgan fingerprint density at radius 2 is 2.06 bits per heavy atom. The molecule has 0 aliphatic carbocycles. The average Bonchev–Trinajstić information content (AvgIpc) is 2.17. The van der Waals surface area contributed by atoms with Crippen molar-refractivity contribution in [2.45, 2.75) is 32.6 Å². The number of nitrogens with zero attached hydrogens (tertiary/aromatic N) is 1. The van der Waals surface area contributed by atoms with E-state index < -0.39 is 0 Å². The second-order valence-corrected chi connectivity index (χ2v) is 4.68. The minimum absolute atomic E-state index is 0.118. The van der Waals surface area contributed by atoms with Gasteiger partial charge in [0.1, 0.15) is 0 Å². The smallest absolute Gasteiger partial charge is 0.272 e. The molecule has 0 bridgehead atoms. The van der Waals surface area contributed by atoms with Gasteiger partial charge in [0, 0.05) is 11.6 Å². The Bertz CT molecular complexity index is 400.